The Kier molecular flexibility index (Phi) is 5.74. The van der Waals surface area contributed by atoms with Gasteiger partial charge in [-0.05, 0) is 42.5 Å². The molecule has 0 spiro atoms. The average molecular weight is 407 g/mol. The fourth-order valence-electron chi connectivity index (χ4n) is 3.13. The Morgan fingerprint density at radius 1 is 1.19 bits per heavy atom. The summed E-state index contributed by atoms with van der Waals surface area (Å²) in [5, 5.41) is 2.89. The lowest BCUT2D eigenvalue weighted by molar-refractivity contribution is -0.128. The molecule has 1 aromatic heterocycles. The van der Waals surface area contributed by atoms with Crippen LogP contribution in [0.3, 0.4) is 0 Å². The second-order valence-corrected chi connectivity index (χ2v) is 11.0. The van der Waals surface area contributed by atoms with Crippen molar-refractivity contribution >= 4 is 27.3 Å². The maximum absolute atomic E-state index is 12.8. The second-order valence-electron chi connectivity index (χ2n) is 7.89. The van der Waals surface area contributed by atoms with E-state index >= 15 is 0 Å². The second kappa shape index (κ2) is 7.73. The molecule has 3 rings (SSSR count). The molecular formula is C20H26N2O3S2. The van der Waals surface area contributed by atoms with E-state index in [1.807, 2.05) is 45.0 Å². The van der Waals surface area contributed by atoms with Crippen LogP contribution in [0.15, 0.2) is 40.6 Å². The summed E-state index contributed by atoms with van der Waals surface area (Å²) < 4.78 is 28.7. The number of amides is 1. The first kappa shape index (κ1) is 20.0. The predicted octanol–water partition coefficient (Wildman–Crippen LogP) is 3.42. The monoisotopic (exact) mass is 406 g/mol. The Morgan fingerprint density at radius 3 is 2.67 bits per heavy atom. The van der Waals surface area contributed by atoms with Gasteiger partial charge in [0.1, 0.15) is 4.21 Å². The number of fused-ring (bicyclic) bond motifs is 1. The number of benzene rings is 1. The summed E-state index contributed by atoms with van der Waals surface area (Å²) in [7, 11) is -3.55. The predicted molar refractivity (Wildman–Crippen MR) is 108 cm³/mol. The topological polar surface area (TPSA) is 75.3 Å². The number of hydrogen-bond donors (Lipinski definition) is 2. The molecule has 1 unspecified atom stereocenters. The van der Waals surface area contributed by atoms with E-state index in [1.165, 1.54) is 16.9 Å². The van der Waals surface area contributed by atoms with Crippen LogP contribution >= 0.6 is 11.3 Å². The molecule has 0 aliphatic heterocycles. The molecule has 0 fully saturated rings. The first-order valence-corrected chi connectivity index (χ1v) is 11.4. The number of nitrogens with one attached hydrogen (secondary N) is 2. The number of carbonyl (C=O) groups is 1. The van der Waals surface area contributed by atoms with Crippen LogP contribution in [0.5, 0.6) is 0 Å². The summed E-state index contributed by atoms with van der Waals surface area (Å²) in [6.07, 6.45) is 2.30. The van der Waals surface area contributed by atoms with E-state index in [9.17, 15) is 13.2 Å². The standard InChI is InChI=1S/C20H26N2O3S2/c1-20(2,3)19(23)21-13-12-15-9-11-18(26-15)27(24,25)22-17-10-8-14-6-4-5-7-16(14)17/h4-7,9,11,17,22H,8,10,12-13H2,1-3H3,(H,21,23). The highest BCUT2D eigenvalue weighted by molar-refractivity contribution is 7.91. The molecule has 1 aromatic carbocycles. The Hall–Kier alpha value is -1.70. The van der Waals surface area contributed by atoms with Crippen molar-refractivity contribution in [1.29, 1.82) is 0 Å². The number of aryl methyl sites for hydroxylation is 1. The molecule has 1 aliphatic rings. The van der Waals surface area contributed by atoms with E-state index in [1.54, 1.807) is 6.07 Å². The molecule has 1 atom stereocenters. The summed E-state index contributed by atoms with van der Waals surface area (Å²) in [5.74, 6) is -0.00605. The highest BCUT2D eigenvalue weighted by Crippen LogP contribution is 2.33. The minimum atomic E-state index is -3.55. The van der Waals surface area contributed by atoms with Gasteiger partial charge in [-0.3, -0.25) is 4.79 Å². The van der Waals surface area contributed by atoms with E-state index in [2.05, 4.69) is 16.1 Å². The van der Waals surface area contributed by atoms with Gasteiger partial charge in [0.15, 0.2) is 0 Å². The molecule has 146 valence electrons. The van der Waals surface area contributed by atoms with E-state index in [0.717, 1.165) is 23.3 Å². The van der Waals surface area contributed by atoms with Crippen LogP contribution in [-0.4, -0.2) is 20.9 Å². The van der Waals surface area contributed by atoms with Gasteiger partial charge >= 0.3 is 0 Å². The number of thiophene rings is 1. The van der Waals surface area contributed by atoms with Gasteiger partial charge < -0.3 is 5.32 Å². The molecule has 1 amide bonds. The fraction of sp³-hybridized carbons (Fsp3) is 0.450. The van der Waals surface area contributed by atoms with Crippen LogP contribution in [-0.2, 0) is 27.7 Å². The van der Waals surface area contributed by atoms with Gasteiger partial charge in [0.05, 0.1) is 0 Å². The Bertz CT molecular complexity index is 927. The van der Waals surface area contributed by atoms with Crippen LogP contribution < -0.4 is 10.0 Å². The lowest BCUT2D eigenvalue weighted by Gasteiger charge is -2.17. The van der Waals surface area contributed by atoms with Crippen molar-refractivity contribution in [3.8, 4) is 0 Å². The third-order valence-electron chi connectivity index (χ3n) is 4.67. The van der Waals surface area contributed by atoms with Gasteiger partial charge in [-0.2, -0.15) is 0 Å². The molecule has 0 bridgehead atoms. The van der Waals surface area contributed by atoms with Gasteiger partial charge in [-0.1, -0.05) is 45.0 Å². The summed E-state index contributed by atoms with van der Waals surface area (Å²) in [6.45, 7) is 6.10. The molecule has 2 aromatic rings. The van der Waals surface area contributed by atoms with Gasteiger partial charge in [0.25, 0.3) is 10.0 Å². The number of sulfonamides is 1. The molecule has 2 N–H and O–H groups in total. The normalized spacial score (nSPS) is 16.9. The van der Waals surface area contributed by atoms with Crippen LogP contribution in [0.4, 0.5) is 0 Å². The lowest BCUT2D eigenvalue weighted by atomic mass is 9.96. The maximum Gasteiger partial charge on any atom is 0.250 e. The summed E-state index contributed by atoms with van der Waals surface area (Å²) >= 11 is 1.26. The van der Waals surface area contributed by atoms with Crippen LogP contribution in [0, 0.1) is 5.41 Å². The van der Waals surface area contributed by atoms with Crippen molar-refractivity contribution in [2.75, 3.05) is 6.54 Å². The first-order chi connectivity index (χ1) is 12.7. The molecular weight excluding hydrogens is 380 g/mol. The van der Waals surface area contributed by atoms with Crippen LogP contribution in [0.2, 0.25) is 0 Å². The van der Waals surface area contributed by atoms with Crippen molar-refractivity contribution in [2.45, 2.75) is 50.3 Å². The molecule has 27 heavy (non-hydrogen) atoms. The molecule has 7 heteroatoms. The third kappa shape index (κ3) is 4.78. The quantitative estimate of drug-likeness (QED) is 0.772. The van der Waals surface area contributed by atoms with Crippen molar-refractivity contribution in [2.24, 2.45) is 5.41 Å². The summed E-state index contributed by atoms with van der Waals surface area (Å²) in [4.78, 5) is 12.8. The van der Waals surface area contributed by atoms with E-state index in [-0.39, 0.29) is 11.9 Å². The van der Waals surface area contributed by atoms with E-state index in [0.29, 0.717) is 17.2 Å². The smallest absolute Gasteiger partial charge is 0.250 e. The van der Waals surface area contributed by atoms with Crippen molar-refractivity contribution in [3.63, 3.8) is 0 Å². The zero-order valence-electron chi connectivity index (χ0n) is 15.9. The average Bonchev–Trinajstić information content (AvgIpc) is 3.22. The fourth-order valence-corrected chi connectivity index (χ4v) is 5.75. The Labute approximate surface area is 165 Å². The zero-order valence-corrected chi connectivity index (χ0v) is 17.5. The van der Waals surface area contributed by atoms with Gasteiger partial charge in [-0.25, -0.2) is 13.1 Å². The number of rotatable bonds is 6. The molecule has 0 saturated heterocycles. The highest BCUT2D eigenvalue weighted by Gasteiger charge is 2.28. The van der Waals surface area contributed by atoms with Crippen molar-refractivity contribution < 1.29 is 13.2 Å². The Morgan fingerprint density at radius 2 is 1.93 bits per heavy atom. The molecule has 0 saturated carbocycles. The van der Waals surface area contributed by atoms with Crippen molar-refractivity contribution in [1.82, 2.24) is 10.0 Å². The molecule has 1 aliphatic carbocycles. The first-order valence-electron chi connectivity index (χ1n) is 9.14. The lowest BCUT2D eigenvalue weighted by Crippen LogP contribution is -2.35. The molecule has 5 nitrogen and oxygen atoms in total. The van der Waals surface area contributed by atoms with Gasteiger partial charge in [0, 0.05) is 22.9 Å². The third-order valence-corrected chi connectivity index (χ3v) is 7.78. The van der Waals surface area contributed by atoms with Crippen LogP contribution in [0.1, 0.15) is 49.2 Å². The van der Waals surface area contributed by atoms with E-state index in [4.69, 9.17) is 0 Å². The SMILES string of the molecule is CC(C)(C)C(=O)NCCc1ccc(S(=O)(=O)NC2CCc3ccccc32)s1. The minimum absolute atomic E-state index is 0.00605. The van der Waals surface area contributed by atoms with Crippen LogP contribution in [0.25, 0.3) is 0 Å². The highest BCUT2D eigenvalue weighted by atomic mass is 32.2. The van der Waals surface area contributed by atoms with Gasteiger partial charge in [0.2, 0.25) is 5.91 Å². The van der Waals surface area contributed by atoms with Gasteiger partial charge in [-0.15, -0.1) is 11.3 Å². The molecule has 1 heterocycles. The number of hydrogen-bond acceptors (Lipinski definition) is 4. The molecule has 0 radical (unpaired) electrons. The summed E-state index contributed by atoms with van der Waals surface area (Å²) in [6, 6.07) is 11.3. The number of carbonyl (C=O) groups excluding carboxylic acids is 1. The van der Waals surface area contributed by atoms with Crippen molar-refractivity contribution in [3.05, 3.63) is 52.4 Å². The van der Waals surface area contributed by atoms with E-state index < -0.39 is 15.4 Å². The zero-order chi connectivity index (χ0) is 19.7. The Balaban J connectivity index is 1.61. The maximum atomic E-state index is 12.8. The summed E-state index contributed by atoms with van der Waals surface area (Å²) in [5.41, 5.74) is 1.86. The largest absolute Gasteiger partial charge is 0.355 e. The minimum Gasteiger partial charge on any atom is -0.355 e.